The van der Waals surface area contributed by atoms with Crippen molar-refractivity contribution in [2.75, 3.05) is 0 Å². The lowest BCUT2D eigenvalue weighted by Gasteiger charge is -2.34. The van der Waals surface area contributed by atoms with Gasteiger partial charge < -0.3 is 10.5 Å². The van der Waals surface area contributed by atoms with E-state index < -0.39 is 17.6 Å². The Morgan fingerprint density at radius 1 is 1.45 bits per heavy atom. The molecule has 2 rings (SSSR count). The van der Waals surface area contributed by atoms with Gasteiger partial charge in [-0.25, -0.2) is 18.3 Å². The number of carbonyl (C=O) groups excluding carboxylic acids is 1. The summed E-state index contributed by atoms with van der Waals surface area (Å²) in [5.41, 5.74) is 5.77. The quantitative estimate of drug-likeness (QED) is 0.909. The van der Waals surface area contributed by atoms with E-state index in [1.54, 1.807) is 6.92 Å². The van der Waals surface area contributed by atoms with E-state index >= 15 is 0 Å². The van der Waals surface area contributed by atoms with Crippen LogP contribution in [0.2, 0.25) is 0 Å². The topological polar surface area (TPSA) is 70.1 Å². The third-order valence-corrected chi connectivity index (χ3v) is 3.41. The second-order valence-corrected chi connectivity index (χ2v) is 6.28. The lowest BCUT2D eigenvalue weighted by Crippen LogP contribution is -2.34. The Hall–Kier alpha value is -1.66. The normalized spacial score (nSPS) is 18.7. The molecule has 1 fully saturated rings. The molecule has 0 spiro atoms. The molecule has 0 aliphatic heterocycles. The summed E-state index contributed by atoms with van der Waals surface area (Å²) in [6, 6.07) is 0. The van der Waals surface area contributed by atoms with Crippen LogP contribution in [0, 0.1) is 6.92 Å². The van der Waals surface area contributed by atoms with Gasteiger partial charge >= 0.3 is 6.09 Å². The Balaban J connectivity index is 2.40. The van der Waals surface area contributed by atoms with Gasteiger partial charge in [0.05, 0.1) is 11.2 Å². The summed E-state index contributed by atoms with van der Waals surface area (Å²) in [4.78, 5) is 11.0. The van der Waals surface area contributed by atoms with Crippen molar-refractivity contribution in [3.8, 4) is 5.88 Å². The average Bonchev–Trinajstić information content (AvgIpc) is 2.52. The fourth-order valence-electron chi connectivity index (χ4n) is 2.41. The number of nitrogens with two attached hydrogens (primary N) is 1. The molecule has 2 N–H and O–H groups in total. The Bertz CT molecular complexity index is 539. The highest BCUT2D eigenvalue weighted by Gasteiger charge is 2.48. The van der Waals surface area contributed by atoms with Crippen molar-refractivity contribution in [2.24, 2.45) is 5.73 Å². The molecule has 0 atom stereocenters. The molecule has 7 heteroatoms. The minimum absolute atomic E-state index is 0.217. The molecule has 112 valence electrons. The Morgan fingerprint density at radius 2 is 2.00 bits per heavy atom. The van der Waals surface area contributed by atoms with Crippen LogP contribution < -0.4 is 10.5 Å². The first-order valence-electron chi connectivity index (χ1n) is 6.46. The molecule has 0 radical (unpaired) electrons. The van der Waals surface area contributed by atoms with Gasteiger partial charge in [0.1, 0.15) is 0 Å². The van der Waals surface area contributed by atoms with Crippen LogP contribution in [0.3, 0.4) is 0 Å². The molecular weight excluding hydrogens is 268 g/mol. The van der Waals surface area contributed by atoms with Crippen LogP contribution in [0.25, 0.3) is 0 Å². The van der Waals surface area contributed by atoms with Crippen LogP contribution in [-0.2, 0) is 5.54 Å². The highest BCUT2D eigenvalue weighted by molar-refractivity contribution is 5.68. The van der Waals surface area contributed by atoms with Gasteiger partial charge in [-0.2, -0.15) is 5.10 Å². The highest BCUT2D eigenvalue weighted by Crippen LogP contribution is 2.49. The minimum Gasteiger partial charge on any atom is -0.391 e. The predicted molar refractivity (Wildman–Crippen MR) is 69.1 cm³/mol. The summed E-state index contributed by atoms with van der Waals surface area (Å²) in [6.07, 6.45) is -1.38. The summed E-state index contributed by atoms with van der Waals surface area (Å²) < 4.78 is 32.6. The number of carbonyl (C=O) groups is 1. The molecule has 0 saturated heterocycles. The van der Waals surface area contributed by atoms with Gasteiger partial charge in [0.15, 0.2) is 0 Å². The van der Waals surface area contributed by atoms with Crippen molar-refractivity contribution < 1.29 is 18.3 Å². The van der Waals surface area contributed by atoms with Crippen molar-refractivity contribution >= 4 is 6.09 Å². The summed E-state index contributed by atoms with van der Waals surface area (Å²) in [5, 5.41) is 4.37. The van der Waals surface area contributed by atoms with E-state index in [9.17, 15) is 13.6 Å². The lowest BCUT2D eigenvalue weighted by molar-refractivity contribution is -0.0878. The van der Waals surface area contributed by atoms with E-state index in [0.717, 1.165) is 0 Å². The number of amides is 1. The molecule has 1 heterocycles. The first kappa shape index (κ1) is 14.7. The fourth-order valence-corrected chi connectivity index (χ4v) is 2.41. The zero-order chi connectivity index (χ0) is 15.3. The Morgan fingerprint density at radius 3 is 2.40 bits per heavy atom. The summed E-state index contributed by atoms with van der Waals surface area (Å²) in [6.45, 7) is 7.35. The number of rotatable bonds is 2. The monoisotopic (exact) mass is 287 g/mol. The van der Waals surface area contributed by atoms with E-state index in [-0.39, 0.29) is 24.6 Å². The van der Waals surface area contributed by atoms with E-state index in [1.165, 1.54) is 4.68 Å². The molecular formula is C13H19F2N3O2. The van der Waals surface area contributed by atoms with E-state index in [2.05, 4.69) is 5.10 Å². The zero-order valence-corrected chi connectivity index (χ0v) is 12.0. The molecule has 20 heavy (non-hydrogen) atoms. The molecule has 5 nitrogen and oxygen atoms in total. The second-order valence-electron chi connectivity index (χ2n) is 6.28. The van der Waals surface area contributed by atoms with Gasteiger partial charge in [0, 0.05) is 24.3 Å². The summed E-state index contributed by atoms with van der Waals surface area (Å²) >= 11 is 0. The number of aromatic nitrogens is 2. The lowest BCUT2D eigenvalue weighted by atomic mass is 9.78. The van der Waals surface area contributed by atoms with E-state index in [0.29, 0.717) is 11.3 Å². The van der Waals surface area contributed by atoms with E-state index in [1.807, 2.05) is 20.8 Å². The van der Waals surface area contributed by atoms with Crippen LogP contribution in [0.15, 0.2) is 0 Å². The number of hydrogen-bond donors (Lipinski definition) is 1. The van der Waals surface area contributed by atoms with Crippen molar-refractivity contribution in [3.63, 3.8) is 0 Å². The maximum Gasteiger partial charge on any atom is 0.411 e. The van der Waals surface area contributed by atoms with Crippen LogP contribution in [0.1, 0.15) is 50.8 Å². The smallest absolute Gasteiger partial charge is 0.391 e. The maximum atomic E-state index is 13.0. The molecule has 1 aromatic heterocycles. The Kier molecular flexibility index (Phi) is 3.26. The van der Waals surface area contributed by atoms with Crippen molar-refractivity contribution in [3.05, 3.63) is 11.3 Å². The van der Waals surface area contributed by atoms with Gasteiger partial charge in [0.25, 0.3) is 0 Å². The number of ether oxygens (including phenoxy) is 1. The van der Waals surface area contributed by atoms with Gasteiger partial charge in [-0.15, -0.1) is 0 Å². The van der Waals surface area contributed by atoms with Crippen molar-refractivity contribution in [1.29, 1.82) is 0 Å². The number of alkyl halides is 2. The first-order valence-corrected chi connectivity index (χ1v) is 6.46. The minimum atomic E-state index is -2.62. The SMILES string of the molecule is Cc1c(C2CC(F)(F)C2)nn(C(C)(C)C)c1OC(N)=O. The molecule has 0 aromatic carbocycles. The molecule has 0 bridgehead atoms. The van der Waals surface area contributed by atoms with Crippen LogP contribution >= 0.6 is 0 Å². The molecule has 0 unspecified atom stereocenters. The number of primary amides is 1. The zero-order valence-electron chi connectivity index (χ0n) is 12.0. The third kappa shape index (κ3) is 2.62. The maximum absolute atomic E-state index is 13.0. The van der Waals surface area contributed by atoms with Gasteiger partial charge in [-0.1, -0.05) is 0 Å². The van der Waals surface area contributed by atoms with E-state index in [4.69, 9.17) is 10.5 Å². The van der Waals surface area contributed by atoms with Crippen LogP contribution in [0.5, 0.6) is 5.88 Å². The molecule has 1 amide bonds. The second kappa shape index (κ2) is 4.43. The van der Waals surface area contributed by atoms with Crippen LogP contribution in [0.4, 0.5) is 13.6 Å². The highest BCUT2D eigenvalue weighted by atomic mass is 19.3. The predicted octanol–water partition coefficient (Wildman–Crippen LogP) is 2.92. The third-order valence-electron chi connectivity index (χ3n) is 3.41. The van der Waals surface area contributed by atoms with Gasteiger partial charge in [-0.3, -0.25) is 0 Å². The Labute approximate surface area is 116 Å². The average molecular weight is 287 g/mol. The summed E-state index contributed by atoms with van der Waals surface area (Å²) in [5.74, 6) is -2.69. The van der Waals surface area contributed by atoms with Gasteiger partial charge in [-0.05, 0) is 27.7 Å². The molecule has 1 aliphatic carbocycles. The first-order chi connectivity index (χ1) is 9.01. The van der Waals surface area contributed by atoms with Gasteiger partial charge in [0.2, 0.25) is 11.8 Å². The number of hydrogen-bond acceptors (Lipinski definition) is 3. The standard InChI is InChI=1S/C13H19F2N3O2/c1-7-9(8-5-13(14,15)6-8)17-18(12(2,3)4)10(7)20-11(16)19/h8H,5-6H2,1-4H3,(H2,16,19). The van der Waals surface area contributed by atoms with Crippen molar-refractivity contribution in [1.82, 2.24) is 9.78 Å². The van der Waals surface area contributed by atoms with Crippen molar-refractivity contribution in [2.45, 2.75) is 57.9 Å². The molecule has 1 saturated carbocycles. The number of halogens is 2. The summed E-state index contributed by atoms with van der Waals surface area (Å²) in [7, 11) is 0. The van der Waals surface area contributed by atoms with Crippen LogP contribution in [-0.4, -0.2) is 21.8 Å². The molecule has 1 aromatic rings. The molecule has 1 aliphatic rings. The number of nitrogens with zero attached hydrogens (tertiary/aromatic N) is 2. The fraction of sp³-hybridized carbons (Fsp3) is 0.692. The largest absolute Gasteiger partial charge is 0.411 e.